The predicted octanol–water partition coefficient (Wildman–Crippen LogP) is 0.764. The minimum Gasteiger partial charge on any atom is -0.507 e. The zero-order valence-electron chi connectivity index (χ0n) is 11.5. The lowest BCUT2D eigenvalue weighted by Crippen LogP contribution is -2.49. The van der Waals surface area contributed by atoms with Gasteiger partial charge in [0.15, 0.2) is 0 Å². The Morgan fingerprint density at radius 2 is 1.86 bits per heavy atom. The van der Waals surface area contributed by atoms with Gasteiger partial charge in [0, 0.05) is 38.8 Å². The molecule has 7 heteroatoms. The molecule has 1 heterocycles. The molecule has 21 heavy (non-hydrogen) atoms. The Hall–Kier alpha value is -2.15. The molecule has 0 saturated carbocycles. The molecule has 1 aromatic carbocycles. The third-order valence-electron chi connectivity index (χ3n) is 3.49. The molecule has 0 atom stereocenters. The number of carbonyl (C=O) groups is 2. The Balaban J connectivity index is 1.92. The average Bonchev–Trinajstić information content (AvgIpc) is 2.45. The lowest BCUT2D eigenvalue weighted by Gasteiger charge is -2.34. The van der Waals surface area contributed by atoms with Gasteiger partial charge in [0.25, 0.3) is 5.91 Å². The number of benzene rings is 1. The first kappa shape index (κ1) is 15.2. The minimum absolute atomic E-state index is 0.0761. The van der Waals surface area contributed by atoms with Crippen molar-refractivity contribution in [2.24, 2.45) is 0 Å². The molecule has 1 fully saturated rings. The molecule has 1 saturated heterocycles. The quantitative estimate of drug-likeness (QED) is 0.857. The molecule has 1 aliphatic heterocycles. The summed E-state index contributed by atoms with van der Waals surface area (Å²) in [7, 11) is 0. The SMILES string of the molecule is O=C(O)CCN1CCN(C(=O)c2ccc(F)cc2O)CC1. The van der Waals surface area contributed by atoms with Crippen LogP contribution < -0.4 is 0 Å². The van der Waals surface area contributed by atoms with Gasteiger partial charge < -0.3 is 15.1 Å². The molecule has 114 valence electrons. The largest absolute Gasteiger partial charge is 0.507 e. The van der Waals surface area contributed by atoms with Crippen molar-refractivity contribution in [3.63, 3.8) is 0 Å². The van der Waals surface area contributed by atoms with Gasteiger partial charge in [0.2, 0.25) is 0 Å². The Morgan fingerprint density at radius 3 is 2.43 bits per heavy atom. The van der Waals surface area contributed by atoms with Crippen molar-refractivity contribution < 1.29 is 24.2 Å². The number of phenols is 1. The summed E-state index contributed by atoms with van der Waals surface area (Å²) in [4.78, 5) is 26.3. The molecule has 0 radical (unpaired) electrons. The van der Waals surface area contributed by atoms with Crippen LogP contribution in [-0.4, -0.2) is 64.6 Å². The second-order valence-corrected chi connectivity index (χ2v) is 4.94. The summed E-state index contributed by atoms with van der Waals surface area (Å²) in [5.74, 6) is -2.15. The lowest BCUT2D eigenvalue weighted by molar-refractivity contribution is -0.137. The van der Waals surface area contributed by atoms with Crippen LogP contribution in [0, 0.1) is 5.82 Å². The van der Waals surface area contributed by atoms with Gasteiger partial charge in [-0.05, 0) is 12.1 Å². The number of piperazine rings is 1. The Labute approximate surface area is 121 Å². The first-order chi connectivity index (χ1) is 9.97. The number of nitrogens with zero attached hydrogens (tertiary/aromatic N) is 2. The molecule has 6 nitrogen and oxygen atoms in total. The molecule has 0 spiro atoms. The number of rotatable bonds is 4. The van der Waals surface area contributed by atoms with Crippen LogP contribution in [0.15, 0.2) is 18.2 Å². The van der Waals surface area contributed by atoms with Crippen molar-refractivity contribution in [2.75, 3.05) is 32.7 Å². The van der Waals surface area contributed by atoms with Crippen LogP contribution in [0.25, 0.3) is 0 Å². The maximum Gasteiger partial charge on any atom is 0.304 e. The van der Waals surface area contributed by atoms with E-state index in [9.17, 15) is 19.1 Å². The van der Waals surface area contributed by atoms with E-state index in [0.717, 1.165) is 12.1 Å². The van der Waals surface area contributed by atoms with E-state index in [0.29, 0.717) is 32.7 Å². The molecule has 1 aromatic rings. The van der Waals surface area contributed by atoms with Crippen molar-refractivity contribution in [3.05, 3.63) is 29.6 Å². The van der Waals surface area contributed by atoms with Crippen LogP contribution in [-0.2, 0) is 4.79 Å². The van der Waals surface area contributed by atoms with Crippen molar-refractivity contribution in [1.29, 1.82) is 0 Å². The number of carboxylic acids is 1. The smallest absolute Gasteiger partial charge is 0.304 e. The number of phenolic OH excluding ortho intramolecular Hbond substituents is 1. The number of aliphatic carboxylic acids is 1. The van der Waals surface area contributed by atoms with Gasteiger partial charge >= 0.3 is 5.97 Å². The Bertz CT molecular complexity index is 542. The summed E-state index contributed by atoms with van der Waals surface area (Å²) in [6.07, 6.45) is 0.0761. The summed E-state index contributed by atoms with van der Waals surface area (Å²) < 4.78 is 12.9. The van der Waals surface area contributed by atoms with Crippen LogP contribution in [0.2, 0.25) is 0 Å². The first-order valence-corrected chi connectivity index (χ1v) is 6.69. The van der Waals surface area contributed by atoms with E-state index < -0.39 is 11.8 Å². The molecule has 0 unspecified atom stereocenters. The molecular formula is C14H17FN2O4. The standard InChI is InChI=1S/C14H17FN2O4/c15-10-1-2-11(12(18)9-10)14(21)17-7-5-16(6-8-17)4-3-13(19)20/h1-2,9,18H,3-8H2,(H,19,20). The number of aromatic hydroxyl groups is 1. The maximum atomic E-state index is 12.9. The van der Waals surface area contributed by atoms with Crippen molar-refractivity contribution in [1.82, 2.24) is 9.80 Å². The summed E-state index contributed by atoms with van der Waals surface area (Å²) in [5, 5.41) is 18.3. The first-order valence-electron chi connectivity index (χ1n) is 6.69. The zero-order chi connectivity index (χ0) is 15.4. The minimum atomic E-state index is -0.843. The van der Waals surface area contributed by atoms with Crippen LogP contribution >= 0.6 is 0 Å². The van der Waals surface area contributed by atoms with Crippen molar-refractivity contribution in [3.8, 4) is 5.75 Å². The number of carbonyl (C=O) groups excluding carboxylic acids is 1. The van der Waals surface area contributed by atoms with E-state index in [1.165, 1.54) is 6.07 Å². The van der Waals surface area contributed by atoms with Crippen LogP contribution in [0.1, 0.15) is 16.8 Å². The number of amides is 1. The number of halogens is 1. The second-order valence-electron chi connectivity index (χ2n) is 4.94. The van der Waals surface area contributed by atoms with E-state index in [1.807, 2.05) is 4.90 Å². The van der Waals surface area contributed by atoms with Gasteiger partial charge in [0.1, 0.15) is 11.6 Å². The Morgan fingerprint density at radius 1 is 1.19 bits per heavy atom. The highest BCUT2D eigenvalue weighted by Crippen LogP contribution is 2.20. The topological polar surface area (TPSA) is 81.1 Å². The van der Waals surface area contributed by atoms with E-state index in [1.54, 1.807) is 4.90 Å². The fourth-order valence-electron chi connectivity index (χ4n) is 2.28. The zero-order valence-corrected chi connectivity index (χ0v) is 11.5. The van der Waals surface area contributed by atoms with E-state index in [2.05, 4.69) is 0 Å². The van der Waals surface area contributed by atoms with E-state index in [-0.39, 0.29) is 23.6 Å². The average molecular weight is 296 g/mol. The van der Waals surface area contributed by atoms with Gasteiger partial charge in [0.05, 0.1) is 12.0 Å². The number of hydrogen-bond donors (Lipinski definition) is 2. The summed E-state index contributed by atoms with van der Waals surface area (Å²) in [5.41, 5.74) is 0.0791. The van der Waals surface area contributed by atoms with Gasteiger partial charge in [-0.1, -0.05) is 0 Å². The van der Waals surface area contributed by atoms with Crippen LogP contribution in [0.4, 0.5) is 4.39 Å². The molecule has 2 rings (SSSR count). The van der Waals surface area contributed by atoms with Crippen molar-refractivity contribution >= 4 is 11.9 Å². The molecule has 0 aromatic heterocycles. The number of carboxylic acid groups (broad SMARTS) is 1. The molecule has 1 amide bonds. The number of hydrogen-bond acceptors (Lipinski definition) is 4. The summed E-state index contributed by atoms with van der Waals surface area (Å²) in [6, 6.07) is 3.32. The third-order valence-corrected chi connectivity index (χ3v) is 3.49. The third kappa shape index (κ3) is 3.91. The van der Waals surface area contributed by atoms with Gasteiger partial charge in [-0.25, -0.2) is 4.39 Å². The molecule has 0 aliphatic carbocycles. The highest BCUT2D eigenvalue weighted by Gasteiger charge is 2.24. The fraction of sp³-hybridized carbons (Fsp3) is 0.429. The monoisotopic (exact) mass is 296 g/mol. The maximum absolute atomic E-state index is 12.9. The van der Waals surface area contributed by atoms with Crippen LogP contribution in [0.3, 0.4) is 0 Å². The predicted molar refractivity (Wildman–Crippen MR) is 72.7 cm³/mol. The summed E-state index contributed by atoms with van der Waals surface area (Å²) in [6.45, 7) is 2.53. The molecule has 1 aliphatic rings. The highest BCUT2D eigenvalue weighted by molar-refractivity contribution is 5.96. The van der Waals surface area contributed by atoms with Gasteiger partial charge in [-0.15, -0.1) is 0 Å². The van der Waals surface area contributed by atoms with Crippen LogP contribution in [0.5, 0.6) is 5.75 Å². The highest BCUT2D eigenvalue weighted by atomic mass is 19.1. The lowest BCUT2D eigenvalue weighted by atomic mass is 10.1. The normalized spacial score (nSPS) is 16.0. The van der Waals surface area contributed by atoms with Gasteiger partial charge in [-0.2, -0.15) is 0 Å². The molecule has 2 N–H and O–H groups in total. The van der Waals surface area contributed by atoms with Gasteiger partial charge in [-0.3, -0.25) is 14.5 Å². The van der Waals surface area contributed by atoms with E-state index in [4.69, 9.17) is 5.11 Å². The molecular weight excluding hydrogens is 279 g/mol. The van der Waals surface area contributed by atoms with E-state index >= 15 is 0 Å². The van der Waals surface area contributed by atoms with Crippen molar-refractivity contribution in [2.45, 2.75) is 6.42 Å². The fourth-order valence-corrected chi connectivity index (χ4v) is 2.28. The second kappa shape index (κ2) is 6.53. The summed E-state index contributed by atoms with van der Waals surface area (Å²) >= 11 is 0. The molecule has 0 bridgehead atoms. The Kier molecular flexibility index (Phi) is 4.74.